The number of hydrogen-bond donors (Lipinski definition) is 3. The van der Waals surface area contributed by atoms with E-state index in [4.69, 9.17) is 9.84 Å². The van der Waals surface area contributed by atoms with Crippen molar-refractivity contribution in [2.24, 2.45) is 5.92 Å². The fraction of sp³-hybridized carbons (Fsp3) is 0.923. The summed E-state index contributed by atoms with van der Waals surface area (Å²) in [4.78, 5) is 10.8. The molecule has 4 atom stereocenters. The van der Waals surface area contributed by atoms with Gasteiger partial charge >= 0.3 is 5.97 Å². The van der Waals surface area contributed by atoms with Gasteiger partial charge in [-0.2, -0.15) is 0 Å². The van der Waals surface area contributed by atoms with Crippen LogP contribution in [0.25, 0.3) is 0 Å². The molecule has 4 unspecified atom stereocenters. The molecule has 5 nitrogen and oxygen atoms in total. The smallest absolute Gasteiger partial charge is 0.332 e. The van der Waals surface area contributed by atoms with Crippen molar-refractivity contribution in [2.45, 2.75) is 56.8 Å². The molecule has 1 saturated carbocycles. The van der Waals surface area contributed by atoms with Gasteiger partial charge in [0.1, 0.15) is 0 Å². The molecule has 2 fully saturated rings. The largest absolute Gasteiger partial charge is 0.479 e. The van der Waals surface area contributed by atoms with Gasteiger partial charge in [-0.05, 0) is 31.6 Å². The molecule has 2 aliphatic rings. The number of carboxylic acid groups (broad SMARTS) is 1. The molecule has 104 valence electrons. The first kappa shape index (κ1) is 13.8. The van der Waals surface area contributed by atoms with E-state index in [0.29, 0.717) is 24.9 Å². The summed E-state index contributed by atoms with van der Waals surface area (Å²) in [6.07, 6.45) is 5.37. The van der Waals surface area contributed by atoms with Gasteiger partial charge in [-0.25, -0.2) is 4.79 Å². The second-order valence-corrected chi connectivity index (χ2v) is 5.40. The fourth-order valence-corrected chi connectivity index (χ4v) is 3.02. The highest BCUT2D eigenvalue weighted by molar-refractivity contribution is 5.72. The molecule has 1 heterocycles. The van der Waals surface area contributed by atoms with Crippen molar-refractivity contribution in [1.29, 1.82) is 0 Å². The van der Waals surface area contributed by atoms with Crippen LogP contribution >= 0.6 is 0 Å². The SMILES string of the molecule is O=C(O)C1CCC(CNC2CCCCC2CO)O1. The second-order valence-electron chi connectivity index (χ2n) is 5.40. The van der Waals surface area contributed by atoms with Crippen LogP contribution in [0, 0.1) is 5.92 Å². The van der Waals surface area contributed by atoms with Crippen LogP contribution in [0.3, 0.4) is 0 Å². The van der Waals surface area contributed by atoms with Gasteiger partial charge in [0.15, 0.2) is 6.10 Å². The Morgan fingerprint density at radius 1 is 1.22 bits per heavy atom. The van der Waals surface area contributed by atoms with E-state index in [9.17, 15) is 9.90 Å². The summed E-state index contributed by atoms with van der Waals surface area (Å²) in [5, 5.41) is 21.6. The lowest BCUT2D eigenvalue weighted by molar-refractivity contribution is -0.149. The maximum Gasteiger partial charge on any atom is 0.332 e. The highest BCUT2D eigenvalue weighted by atomic mass is 16.5. The average molecular weight is 257 g/mol. The van der Waals surface area contributed by atoms with Crippen molar-refractivity contribution in [3.8, 4) is 0 Å². The van der Waals surface area contributed by atoms with E-state index in [1.54, 1.807) is 0 Å². The molecular formula is C13H23NO4. The number of ether oxygens (including phenoxy) is 1. The highest BCUT2D eigenvalue weighted by Crippen LogP contribution is 2.25. The zero-order valence-corrected chi connectivity index (χ0v) is 10.7. The van der Waals surface area contributed by atoms with Crippen LogP contribution in [0.15, 0.2) is 0 Å². The van der Waals surface area contributed by atoms with Crippen LogP contribution in [0.4, 0.5) is 0 Å². The van der Waals surface area contributed by atoms with Gasteiger partial charge in [0.25, 0.3) is 0 Å². The van der Waals surface area contributed by atoms with E-state index in [2.05, 4.69) is 5.32 Å². The van der Waals surface area contributed by atoms with Crippen molar-refractivity contribution < 1.29 is 19.7 Å². The third kappa shape index (κ3) is 3.43. The van der Waals surface area contributed by atoms with Crippen LogP contribution in [0.2, 0.25) is 0 Å². The number of aliphatic hydroxyl groups excluding tert-OH is 1. The molecule has 1 aliphatic heterocycles. The normalized spacial score (nSPS) is 36.7. The van der Waals surface area contributed by atoms with Crippen LogP contribution in [0.5, 0.6) is 0 Å². The predicted octanol–water partition coefficient (Wildman–Crippen LogP) is 0.759. The lowest BCUT2D eigenvalue weighted by Gasteiger charge is -2.31. The molecule has 0 bridgehead atoms. The highest BCUT2D eigenvalue weighted by Gasteiger charge is 2.31. The van der Waals surface area contributed by atoms with E-state index in [1.807, 2.05) is 0 Å². The minimum absolute atomic E-state index is 0.00682. The van der Waals surface area contributed by atoms with Gasteiger partial charge in [-0.15, -0.1) is 0 Å². The summed E-state index contributed by atoms with van der Waals surface area (Å²) < 4.78 is 5.46. The Labute approximate surface area is 108 Å². The number of carbonyl (C=O) groups is 1. The Balaban J connectivity index is 1.72. The molecule has 0 spiro atoms. The first-order chi connectivity index (χ1) is 8.70. The van der Waals surface area contributed by atoms with Gasteiger partial charge < -0.3 is 20.3 Å². The third-order valence-electron chi connectivity index (χ3n) is 4.13. The number of aliphatic hydroxyl groups is 1. The Kier molecular flexibility index (Phi) is 4.97. The van der Waals surface area contributed by atoms with Gasteiger partial charge in [0.2, 0.25) is 0 Å². The average Bonchev–Trinajstić information content (AvgIpc) is 2.85. The topological polar surface area (TPSA) is 78.8 Å². The first-order valence-corrected chi connectivity index (χ1v) is 6.93. The molecule has 1 aliphatic carbocycles. The molecular weight excluding hydrogens is 234 g/mol. The van der Waals surface area contributed by atoms with Crippen LogP contribution < -0.4 is 5.32 Å². The molecule has 0 aromatic heterocycles. The standard InChI is InChI=1S/C13H23NO4/c15-8-9-3-1-2-4-11(9)14-7-10-5-6-12(18-10)13(16)17/h9-12,14-15H,1-8H2,(H,16,17). The summed E-state index contributed by atoms with van der Waals surface area (Å²) in [7, 11) is 0. The predicted molar refractivity (Wildman–Crippen MR) is 66.4 cm³/mol. The monoisotopic (exact) mass is 257 g/mol. The minimum Gasteiger partial charge on any atom is -0.479 e. The number of rotatable bonds is 5. The van der Waals surface area contributed by atoms with Crippen molar-refractivity contribution in [3.63, 3.8) is 0 Å². The van der Waals surface area contributed by atoms with Crippen LogP contribution in [0.1, 0.15) is 38.5 Å². The summed E-state index contributed by atoms with van der Waals surface area (Å²) in [5.74, 6) is -0.515. The molecule has 0 aromatic carbocycles. The molecule has 2 rings (SSSR count). The first-order valence-electron chi connectivity index (χ1n) is 6.93. The van der Waals surface area contributed by atoms with E-state index in [0.717, 1.165) is 19.3 Å². The van der Waals surface area contributed by atoms with Gasteiger partial charge in [0.05, 0.1) is 6.10 Å². The van der Waals surface area contributed by atoms with Gasteiger partial charge in [-0.3, -0.25) is 0 Å². The number of hydrogen-bond acceptors (Lipinski definition) is 4. The van der Waals surface area contributed by atoms with Gasteiger partial charge in [-0.1, -0.05) is 12.8 Å². The maximum absolute atomic E-state index is 10.8. The molecule has 0 radical (unpaired) electrons. The zero-order chi connectivity index (χ0) is 13.0. The molecule has 5 heteroatoms. The lowest BCUT2D eigenvalue weighted by Crippen LogP contribution is -2.43. The summed E-state index contributed by atoms with van der Waals surface area (Å²) in [6.45, 7) is 0.936. The number of aliphatic carboxylic acids is 1. The summed E-state index contributed by atoms with van der Waals surface area (Å²) >= 11 is 0. The Morgan fingerprint density at radius 3 is 2.67 bits per heavy atom. The number of carboxylic acids is 1. The Bertz CT molecular complexity index is 284. The molecule has 1 saturated heterocycles. The zero-order valence-electron chi connectivity index (χ0n) is 10.7. The summed E-state index contributed by atoms with van der Waals surface area (Å²) in [5.41, 5.74) is 0. The van der Waals surface area contributed by atoms with Crippen LogP contribution in [-0.4, -0.2) is 47.6 Å². The fourth-order valence-electron chi connectivity index (χ4n) is 3.02. The molecule has 0 aromatic rings. The Hall–Kier alpha value is -0.650. The van der Waals surface area contributed by atoms with Crippen molar-refractivity contribution in [1.82, 2.24) is 5.32 Å². The molecule has 18 heavy (non-hydrogen) atoms. The second kappa shape index (κ2) is 6.50. The Morgan fingerprint density at radius 2 is 2.00 bits per heavy atom. The molecule has 0 amide bonds. The maximum atomic E-state index is 10.8. The third-order valence-corrected chi connectivity index (χ3v) is 4.13. The van der Waals surface area contributed by atoms with E-state index in [-0.39, 0.29) is 12.7 Å². The molecule has 3 N–H and O–H groups in total. The van der Waals surface area contributed by atoms with Crippen molar-refractivity contribution in [3.05, 3.63) is 0 Å². The van der Waals surface area contributed by atoms with Crippen molar-refractivity contribution in [2.75, 3.05) is 13.2 Å². The van der Waals surface area contributed by atoms with Crippen molar-refractivity contribution >= 4 is 5.97 Å². The van der Waals surface area contributed by atoms with E-state index >= 15 is 0 Å². The van der Waals surface area contributed by atoms with Gasteiger partial charge in [0, 0.05) is 19.2 Å². The minimum atomic E-state index is -0.858. The quantitative estimate of drug-likeness (QED) is 0.677. The summed E-state index contributed by atoms with van der Waals surface area (Å²) in [6, 6.07) is 0.358. The lowest BCUT2D eigenvalue weighted by atomic mass is 9.85. The number of nitrogens with one attached hydrogen (secondary N) is 1. The van der Waals surface area contributed by atoms with Crippen LogP contribution in [-0.2, 0) is 9.53 Å². The van der Waals surface area contributed by atoms with E-state index < -0.39 is 12.1 Å². The van der Waals surface area contributed by atoms with E-state index in [1.165, 1.54) is 12.8 Å².